The Bertz CT molecular complexity index is 1130. The molecule has 3 rings (SSSR count). The SMILES string of the molecule is N#CC(=NNc1ccccc1[N+](=O)[O-])c1nc(-c2cccc([N+](=O)[O-])c2)cs1. The molecular formula is C17H10N6O4S. The lowest BCUT2D eigenvalue weighted by Gasteiger charge is -2.01. The van der Waals surface area contributed by atoms with Crippen LogP contribution in [0.5, 0.6) is 0 Å². The van der Waals surface area contributed by atoms with E-state index in [0.29, 0.717) is 11.3 Å². The number of aromatic nitrogens is 1. The van der Waals surface area contributed by atoms with Crippen LogP contribution in [0.2, 0.25) is 0 Å². The van der Waals surface area contributed by atoms with Gasteiger partial charge >= 0.3 is 0 Å². The van der Waals surface area contributed by atoms with Crippen LogP contribution < -0.4 is 5.43 Å². The lowest BCUT2D eigenvalue weighted by Crippen LogP contribution is -2.03. The van der Waals surface area contributed by atoms with Crippen LogP contribution in [0.15, 0.2) is 59.0 Å². The number of benzene rings is 2. The first-order chi connectivity index (χ1) is 13.5. The minimum Gasteiger partial charge on any atom is -0.270 e. The predicted octanol–water partition coefficient (Wildman–Crippen LogP) is 3.97. The molecule has 2 aromatic carbocycles. The minimum atomic E-state index is -0.562. The van der Waals surface area contributed by atoms with Gasteiger partial charge in [0.25, 0.3) is 11.4 Å². The van der Waals surface area contributed by atoms with Crippen molar-refractivity contribution < 1.29 is 9.85 Å². The Morgan fingerprint density at radius 1 is 1.14 bits per heavy atom. The van der Waals surface area contributed by atoms with Crippen molar-refractivity contribution in [3.63, 3.8) is 0 Å². The molecule has 28 heavy (non-hydrogen) atoms. The van der Waals surface area contributed by atoms with E-state index in [1.807, 2.05) is 6.07 Å². The lowest BCUT2D eigenvalue weighted by atomic mass is 10.1. The summed E-state index contributed by atoms with van der Waals surface area (Å²) in [5, 5.41) is 37.1. The van der Waals surface area contributed by atoms with Crippen LogP contribution in [0, 0.1) is 31.6 Å². The molecule has 0 aliphatic rings. The number of nitrogens with zero attached hydrogens (tertiary/aromatic N) is 5. The van der Waals surface area contributed by atoms with Gasteiger partial charge in [-0.3, -0.25) is 25.7 Å². The maximum atomic E-state index is 11.0. The lowest BCUT2D eigenvalue weighted by molar-refractivity contribution is -0.384. The van der Waals surface area contributed by atoms with Crippen LogP contribution in [0.1, 0.15) is 5.01 Å². The summed E-state index contributed by atoms with van der Waals surface area (Å²) < 4.78 is 0. The highest BCUT2D eigenvalue weighted by atomic mass is 32.1. The summed E-state index contributed by atoms with van der Waals surface area (Å²) in [5.74, 6) is 0. The van der Waals surface area contributed by atoms with Gasteiger partial charge in [-0.05, 0) is 6.07 Å². The topological polar surface area (TPSA) is 147 Å². The molecular weight excluding hydrogens is 384 g/mol. The van der Waals surface area contributed by atoms with E-state index in [0.717, 1.165) is 11.3 Å². The molecule has 0 aliphatic heterocycles. The van der Waals surface area contributed by atoms with Crippen molar-refractivity contribution in [2.45, 2.75) is 0 Å². The summed E-state index contributed by atoms with van der Waals surface area (Å²) in [5.41, 5.74) is 3.32. The third-order valence-electron chi connectivity index (χ3n) is 3.55. The van der Waals surface area contributed by atoms with Crippen molar-refractivity contribution in [2.24, 2.45) is 5.10 Å². The van der Waals surface area contributed by atoms with E-state index < -0.39 is 9.85 Å². The molecule has 0 radical (unpaired) electrons. The van der Waals surface area contributed by atoms with Crippen LogP contribution in [0.3, 0.4) is 0 Å². The summed E-state index contributed by atoms with van der Waals surface area (Å²) >= 11 is 1.13. The highest BCUT2D eigenvalue weighted by Crippen LogP contribution is 2.26. The van der Waals surface area contributed by atoms with Gasteiger partial charge in [0.05, 0.1) is 15.5 Å². The molecule has 1 heterocycles. The average Bonchev–Trinajstić information content (AvgIpc) is 3.19. The molecule has 1 aromatic heterocycles. The largest absolute Gasteiger partial charge is 0.294 e. The van der Waals surface area contributed by atoms with Gasteiger partial charge in [-0.2, -0.15) is 10.4 Å². The average molecular weight is 394 g/mol. The Kier molecular flexibility index (Phi) is 5.33. The van der Waals surface area contributed by atoms with Crippen LogP contribution in [-0.2, 0) is 0 Å². The number of rotatable bonds is 6. The van der Waals surface area contributed by atoms with E-state index in [4.69, 9.17) is 0 Å². The molecule has 1 N–H and O–H groups in total. The van der Waals surface area contributed by atoms with E-state index in [9.17, 15) is 25.5 Å². The molecule has 0 amide bonds. The zero-order valence-corrected chi connectivity index (χ0v) is 14.8. The molecule has 10 nitrogen and oxygen atoms in total. The second kappa shape index (κ2) is 8.02. The highest BCUT2D eigenvalue weighted by Gasteiger charge is 2.15. The van der Waals surface area contributed by atoms with Crippen LogP contribution in [-0.4, -0.2) is 20.5 Å². The molecule has 0 fully saturated rings. The summed E-state index contributed by atoms with van der Waals surface area (Å²) in [6.45, 7) is 0. The molecule has 11 heteroatoms. The zero-order chi connectivity index (χ0) is 20.1. The van der Waals surface area contributed by atoms with E-state index in [1.54, 1.807) is 23.6 Å². The number of non-ortho nitro benzene ring substituents is 1. The van der Waals surface area contributed by atoms with E-state index in [1.165, 1.54) is 30.3 Å². The Labute approximate surface area is 161 Å². The Morgan fingerprint density at radius 3 is 2.64 bits per heavy atom. The molecule has 0 saturated heterocycles. The normalized spacial score (nSPS) is 10.9. The van der Waals surface area contributed by atoms with Crippen molar-refractivity contribution in [3.05, 3.63) is 79.1 Å². The molecule has 0 saturated carbocycles. The zero-order valence-electron chi connectivity index (χ0n) is 14.0. The minimum absolute atomic E-state index is 0.0696. The molecule has 0 unspecified atom stereocenters. The van der Waals surface area contributed by atoms with Gasteiger partial charge in [0, 0.05) is 29.1 Å². The number of hydrogen-bond donors (Lipinski definition) is 1. The van der Waals surface area contributed by atoms with E-state index in [-0.39, 0.29) is 27.8 Å². The fraction of sp³-hybridized carbons (Fsp3) is 0. The van der Waals surface area contributed by atoms with Gasteiger partial charge in [0.15, 0.2) is 10.7 Å². The molecule has 0 spiro atoms. The summed E-state index contributed by atoms with van der Waals surface area (Å²) in [7, 11) is 0. The third kappa shape index (κ3) is 3.97. The fourth-order valence-electron chi connectivity index (χ4n) is 2.26. The number of hydrogen-bond acceptors (Lipinski definition) is 9. The second-order valence-corrected chi connectivity index (χ2v) is 6.16. The quantitative estimate of drug-likeness (QED) is 0.378. The Hall–Kier alpha value is -4.17. The van der Waals surface area contributed by atoms with Crippen molar-refractivity contribution >= 4 is 34.1 Å². The number of para-hydroxylation sites is 2. The van der Waals surface area contributed by atoms with E-state index >= 15 is 0 Å². The van der Waals surface area contributed by atoms with Crippen LogP contribution >= 0.6 is 11.3 Å². The van der Waals surface area contributed by atoms with Gasteiger partial charge in [0.2, 0.25) is 0 Å². The van der Waals surface area contributed by atoms with Gasteiger partial charge in [0.1, 0.15) is 11.8 Å². The van der Waals surface area contributed by atoms with Gasteiger partial charge < -0.3 is 0 Å². The van der Waals surface area contributed by atoms with Crippen molar-refractivity contribution in [1.29, 1.82) is 5.26 Å². The molecule has 0 atom stereocenters. The van der Waals surface area contributed by atoms with Gasteiger partial charge in [-0.15, -0.1) is 11.3 Å². The van der Waals surface area contributed by atoms with Crippen molar-refractivity contribution in [1.82, 2.24) is 4.98 Å². The number of nitriles is 1. The Balaban J connectivity index is 1.88. The number of nitro benzene ring substituents is 2. The smallest absolute Gasteiger partial charge is 0.270 e. The highest BCUT2D eigenvalue weighted by molar-refractivity contribution is 7.12. The third-order valence-corrected chi connectivity index (χ3v) is 4.40. The van der Waals surface area contributed by atoms with Crippen molar-refractivity contribution in [3.8, 4) is 17.3 Å². The Morgan fingerprint density at radius 2 is 1.93 bits per heavy atom. The predicted molar refractivity (Wildman–Crippen MR) is 103 cm³/mol. The van der Waals surface area contributed by atoms with Crippen molar-refractivity contribution in [2.75, 3.05) is 5.43 Å². The molecule has 0 aliphatic carbocycles. The van der Waals surface area contributed by atoms with Crippen LogP contribution in [0.4, 0.5) is 17.1 Å². The summed E-state index contributed by atoms with van der Waals surface area (Å²) in [6.07, 6.45) is 0. The molecule has 0 bridgehead atoms. The number of nitro groups is 2. The number of hydrazone groups is 1. The van der Waals surface area contributed by atoms with Gasteiger partial charge in [-0.25, -0.2) is 4.98 Å². The number of nitrogens with one attached hydrogen (secondary N) is 1. The molecule has 138 valence electrons. The summed E-state index contributed by atoms with van der Waals surface area (Å²) in [6, 6.07) is 13.7. The van der Waals surface area contributed by atoms with Gasteiger partial charge in [-0.1, -0.05) is 24.3 Å². The first-order valence-corrected chi connectivity index (χ1v) is 8.55. The first kappa shape index (κ1) is 18.6. The standard InChI is InChI=1S/C17H10N6O4S/c18-9-14(21-20-13-6-1-2-7-16(13)23(26)27)17-19-15(10-28-17)11-4-3-5-12(8-11)22(24)25/h1-8,10,20H. The maximum absolute atomic E-state index is 11.0. The second-order valence-electron chi connectivity index (χ2n) is 5.30. The molecule has 3 aromatic rings. The fourth-order valence-corrected chi connectivity index (χ4v) is 3.02. The maximum Gasteiger partial charge on any atom is 0.294 e. The summed E-state index contributed by atoms with van der Waals surface area (Å²) in [4.78, 5) is 25.2. The number of thiazole rings is 1. The van der Waals surface area contributed by atoms with E-state index in [2.05, 4.69) is 15.5 Å². The monoisotopic (exact) mass is 394 g/mol. The van der Waals surface area contributed by atoms with Crippen LogP contribution in [0.25, 0.3) is 11.3 Å². The number of anilines is 1. The first-order valence-electron chi connectivity index (χ1n) is 7.67.